The van der Waals surface area contributed by atoms with Crippen molar-refractivity contribution in [1.29, 1.82) is 0 Å². The Morgan fingerprint density at radius 2 is 1.75 bits per heavy atom. The molecule has 0 unspecified atom stereocenters. The van der Waals surface area contributed by atoms with E-state index in [1.54, 1.807) is 4.31 Å². The molecule has 5 heteroatoms. The number of rotatable bonds is 7. The van der Waals surface area contributed by atoms with Crippen LogP contribution in [0.1, 0.15) is 38.8 Å². The molecular weight excluding hydrogens is 272 g/mol. The maximum atomic E-state index is 12.6. The maximum Gasteiger partial charge on any atom is 0.218 e. The van der Waals surface area contributed by atoms with Crippen molar-refractivity contribution < 1.29 is 8.42 Å². The van der Waals surface area contributed by atoms with Crippen LogP contribution >= 0.6 is 0 Å². The van der Waals surface area contributed by atoms with Gasteiger partial charge in [0, 0.05) is 19.1 Å². The molecule has 20 heavy (non-hydrogen) atoms. The lowest BCUT2D eigenvalue weighted by atomic mass is 10.1. The number of nitrogens with two attached hydrogens (primary N) is 1. The fraction of sp³-hybridized carbons (Fsp3) is 0.600. The van der Waals surface area contributed by atoms with E-state index in [4.69, 9.17) is 5.73 Å². The lowest BCUT2D eigenvalue weighted by Gasteiger charge is -2.27. The van der Waals surface area contributed by atoms with Crippen LogP contribution in [0.2, 0.25) is 0 Å². The van der Waals surface area contributed by atoms with E-state index in [2.05, 4.69) is 0 Å². The summed E-state index contributed by atoms with van der Waals surface area (Å²) < 4.78 is 26.7. The summed E-state index contributed by atoms with van der Waals surface area (Å²) >= 11 is 0. The summed E-state index contributed by atoms with van der Waals surface area (Å²) in [4.78, 5) is 0. The zero-order chi connectivity index (χ0) is 15.3. The predicted molar refractivity (Wildman–Crippen MR) is 83.6 cm³/mol. The predicted octanol–water partition coefficient (Wildman–Crippen LogP) is 2.34. The van der Waals surface area contributed by atoms with E-state index in [-0.39, 0.29) is 11.8 Å². The van der Waals surface area contributed by atoms with E-state index in [0.29, 0.717) is 19.0 Å². The van der Waals surface area contributed by atoms with Crippen molar-refractivity contribution in [2.75, 3.05) is 6.54 Å². The second kappa shape index (κ2) is 7.20. The van der Waals surface area contributed by atoms with Gasteiger partial charge in [0.1, 0.15) is 0 Å². The molecular formula is C15H26N2O2S. The zero-order valence-electron chi connectivity index (χ0n) is 12.8. The molecule has 0 fully saturated rings. The van der Waals surface area contributed by atoms with Crippen molar-refractivity contribution >= 4 is 10.0 Å². The number of benzene rings is 1. The molecule has 1 aromatic rings. The molecule has 1 rings (SSSR count). The van der Waals surface area contributed by atoms with Crippen molar-refractivity contribution in [3.63, 3.8) is 0 Å². The molecule has 0 bridgehead atoms. The lowest BCUT2D eigenvalue weighted by Crippen LogP contribution is -2.40. The normalized spacial score (nSPS) is 12.6. The van der Waals surface area contributed by atoms with Crippen molar-refractivity contribution in [3.8, 4) is 0 Å². The molecule has 0 saturated heterocycles. The van der Waals surface area contributed by atoms with Gasteiger partial charge < -0.3 is 5.73 Å². The molecule has 0 atom stereocenters. The van der Waals surface area contributed by atoms with Crippen LogP contribution in [0, 0.1) is 5.92 Å². The third-order valence-electron chi connectivity index (χ3n) is 3.05. The Morgan fingerprint density at radius 1 is 1.15 bits per heavy atom. The number of sulfonamides is 1. The van der Waals surface area contributed by atoms with Gasteiger partial charge in [-0.05, 0) is 30.9 Å². The third-order valence-corrected chi connectivity index (χ3v) is 5.04. The van der Waals surface area contributed by atoms with E-state index < -0.39 is 10.0 Å². The lowest BCUT2D eigenvalue weighted by molar-refractivity contribution is 0.318. The molecule has 4 nitrogen and oxygen atoms in total. The Balaban J connectivity index is 2.96. The summed E-state index contributed by atoms with van der Waals surface area (Å²) in [6, 6.07) is 7.44. The number of hydrogen-bond donors (Lipinski definition) is 1. The topological polar surface area (TPSA) is 63.4 Å². The highest BCUT2D eigenvalue weighted by atomic mass is 32.2. The molecule has 114 valence electrons. The largest absolute Gasteiger partial charge is 0.326 e. The molecule has 0 aliphatic rings. The van der Waals surface area contributed by atoms with Gasteiger partial charge in [-0.25, -0.2) is 8.42 Å². The van der Waals surface area contributed by atoms with Crippen LogP contribution in [0.3, 0.4) is 0 Å². The van der Waals surface area contributed by atoms with Crippen molar-refractivity contribution in [2.45, 2.75) is 46.0 Å². The Bertz CT molecular complexity index is 524. The molecule has 0 aliphatic heterocycles. The second-order valence-corrected chi connectivity index (χ2v) is 7.76. The molecule has 0 radical (unpaired) electrons. The van der Waals surface area contributed by atoms with E-state index in [1.165, 1.54) is 0 Å². The van der Waals surface area contributed by atoms with Crippen molar-refractivity contribution in [3.05, 3.63) is 35.4 Å². The van der Waals surface area contributed by atoms with E-state index in [0.717, 1.165) is 11.1 Å². The maximum absolute atomic E-state index is 12.6. The molecule has 0 aliphatic carbocycles. The first-order valence-electron chi connectivity index (χ1n) is 7.03. The smallest absolute Gasteiger partial charge is 0.218 e. The second-order valence-electron chi connectivity index (χ2n) is 5.84. The van der Waals surface area contributed by atoms with E-state index in [1.807, 2.05) is 52.0 Å². The molecule has 0 amide bonds. The number of nitrogens with zero attached hydrogens (tertiary/aromatic N) is 1. The standard InChI is InChI=1S/C15H26N2O2S/c1-12(2)10-17(13(3)4)20(18,19)11-15-7-5-6-14(8-15)9-16/h5-8,12-13H,9-11,16H2,1-4H3. The van der Waals surface area contributed by atoms with Gasteiger partial charge in [-0.3, -0.25) is 0 Å². The molecule has 1 aromatic carbocycles. The van der Waals surface area contributed by atoms with Crippen LogP contribution in [-0.4, -0.2) is 25.3 Å². The van der Waals surface area contributed by atoms with Crippen LogP contribution in [0.25, 0.3) is 0 Å². The SMILES string of the molecule is CC(C)CN(C(C)C)S(=O)(=O)Cc1cccc(CN)c1. The molecule has 0 saturated carbocycles. The van der Waals surface area contributed by atoms with Gasteiger partial charge >= 0.3 is 0 Å². The number of hydrogen-bond acceptors (Lipinski definition) is 3. The van der Waals surface area contributed by atoms with Gasteiger partial charge in [0.15, 0.2) is 0 Å². The highest BCUT2D eigenvalue weighted by Crippen LogP contribution is 2.16. The highest BCUT2D eigenvalue weighted by molar-refractivity contribution is 7.88. The first-order valence-corrected chi connectivity index (χ1v) is 8.64. The molecule has 0 heterocycles. The van der Waals surface area contributed by atoms with Crippen molar-refractivity contribution in [1.82, 2.24) is 4.31 Å². The monoisotopic (exact) mass is 298 g/mol. The van der Waals surface area contributed by atoms with Gasteiger partial charge in [0.25, 0.3) is 0 Å². The molecule has 0 aromatic heterocycles. The summed E-state index contributed by atoms with van der Waals surface area (Å²) in [6.07, 6.45) is 0. The summed E-state index contributed by atoms with van der Waals surface area (Å²) in [5.41, 5.74) is 7.35. The minimum Gasteiger partial charge on any atom is -0.326 e. The first kappa shape index (κ1) is 17.1. The van der Waals surface area contributed by atoms with Crippen LogP contribution in [0.15, 0.2) is 24.3 Å². The van der Waals surface area contributed by atoms with Crippen LogP contribution in [-0.2, 0) is 22.3 Å². The van der Waals surface area contributed by atoms with Crippen LogP contribution in [0.4, 0.5) is 0 Å². The fourth-order valence-electron chi connectivity index (χ4n) is 2.15. The quantitative estimate of drug-likeness (QED) is 0.840. The van der Waals surface area contributed by atoms with E-state index in [9.17, 15) is 8.42 Å². The minimum atomic E-state index is -3.30. The van der Waals surface area contributed by atoms with Gasteiger partial charge in [0.05, 0.1) is 5.75 Å². The highest BCUT2D eigenvalue weighted by Gasteiger charge is 2.25. The average Bonchev–Trinajstić information content (AvgIpc) is 2.35. The van der Waals surface area contributed by atoms with Crippen molar-refractivity contribution in [2.24, 2.45) is 11.7 Å². The molecule has 0 spiro atoms. The first-order chi connectivity index (χ1) is 9.26. The van der Waals surface area contributed by atoms with Gasteiger partial charge in [0.2, 0.25) is 10.0 Å². The fourth-order valence-corrected chi connectivity index (χ4v) is 4.08. The summed E-state index contributed by atoms with van der Waals surface area (Å²) in [7, 11) is -3.30. The summed E-state index contributed by atoms with van der Waals surface area (Å²) in [5.74, 6) is 0.341. The summed E-state index contributed by atoms with van der Waals surface area (Å²) in [6.45, 7) is 8.86. The Hall–Kier alpha value is -0.910. The van der Waals surface area contributed by atoms with Gasteiger partial charge in [-0.15, -0.1) is 0 Å². The molecule has 2 N–H and O–H groups in total. The average molecular weight is 298 g/mol. The van der Waals surface area contributed by atoms with Gasteiger partial charge in [-0.2, -0.15) is 4.31 Å². The minimum absolute atomic E-state index is 0.0277. The zero-order valence-corrected chi connectivity index (χ0v) is 13.7. The Kier molecular flexibility index (Phi) is 6.17. The Morgan fingerprint density at radius 3 is 2.25 bits per heavy atom. The van der Waals surface area contributed by atoms with E-state index >= 15 is 0 Å². The van der Waals surface area contributed by atoms with Gasteiger partial charge in [-0.1, -0.05) is 38.1 Å². The Labute approximate surface area is 123 Å². The van der Waals surface area contributed by atoms with Crippen LogP contribution < -0.4 is 5.73 Å². The third kappa shape index (κ3) is 4.89. The van der Waals surface area contributed by atoms with Crippen LogP contribution in [0.5, 0.6) is 0 Å². The summed E-state index contributed by atoms with van der Waals surface area (Å²) in [5, 5.41) is 0.